The van der Waals surface area contributed by atoms with Crippen LogP contribution in [-0.2, 0) is 15.0 Å². The molecule has 7 heteroatoms. The minimum atomic E-state index is -0.447. The fourth-order valence-electron chi connectivity index (χ4n) is 7.71. The summed E-state index contributed by atoms with van der Waals surface area (Å²) in [6.45, 7) is 3.89. The lowest BCUT2D eigenvalue weighted by Gasteiger charge is -2.57. The Morgan fingerprint density at radius 1 is 1.05 bits per heavy atom. The number of rotatable bonds is 7. The quantitative estimate of drug-likeness (QED) is 0.381. The topological polar surface area (TPSA) is 75.7 Å². The first-order valence-corrected chi connectivity index (χ1v) is 14.9. The van der Waals surface area contributed by atoms with E-state index in [0.29, 0.717) is 22.3 Å². The van der Waals surface area contributed by atoms with Gasteiger partial charge >= 0.3 is 0 Å². The van der Waals surface area contributed by atoms with Crippen LogP contribution < -0.4 is 10.1 Å². The maximum Gasteiger partial charge on any atom is 0.294 e. The number of nitrogens with zero attached hydrogens (tertiary/aromatic N) is 1. The molecule has 0 aromatic heterocycles. The Hall–Kier alpha value is -3.06. The maximum atomic E-state index is 13.2. The molecule has 1 heterocycles. The van der Waals surface area contributed by atoms with Crippen LogP contribution in [0.15, 0.2) is 47.4 Å². The fourth-order valence-corrected chi connectivity index (χ4v) is 8.54. The zero-order valence-electron chi connectivity index (χ0n) is 22.9. The molecule has 4 aliphatic carbocycles. The summed E-state index contributed by atoms with van der Waals surface area (Å²) in [6, 6.07) is 14.0. The molecular weight excluding hydrogens is 508 g/mol. The molecule has 0 radical (unpaired) electrons. The van der Waals surface area contributed by atoms with E-state index in [0.717, 1.165) is 40.0 Å². The predicted molar refractivity (Wildman–Crippen MR) is 155 cm³/mol. The molecule has 4 saturated carbocycles. The number of amides is 3. The summed E-state index contributed by atoms with van der Waals surface area (Å²) in [7, 11) is 1.63. The lowest BCUT2D eigenvalue weighted by atomic mass is 9.48. The standard InChI is InChI=1S/C32H36N2O4S/c1-19(2)23-4-7-26(8-5-23)33-29(35)18-34-30(36)28(39-31(34)37)14-24-13-25(6-9-27(24)38-3)32-15-20-10-21(16-32)12-22(11-20)17-32/h4-9,13-14,19-22H,10-12,15-18H2,1-3H3,(H,33,35)/b28-14+. The van der Waals surface area contributed by atoms with Gasteiger partial charge in [0.1, 0.15) is 12.3 Å². The van der Waals surface area contributed by atoms with Crippen molar-refractivity contribution in [1.29, 1.82) is 0 Å². The molecule has 39 heavy (non-hydrogen) atoms. The van der Waals surface area contributed by atoms with Crippen molar-refractivity contribution >= 4 is 40.6 Å². The zero-order valence-corrected chi connectivity index (χ0v) is 23.7. The molecule has 3 amide bonds. The zero-order chi connectivity index (χ0) is 27.3. The number of imide groups is 1. The summed E-state index contributed by atoms with van der Waals surface area (Å²) < 4.78 is 5.64. The summed E-state index contributed by atoms with van der Waals surface area (Å²) in [6.07, 6.45) is 9.64. The van der Waals surface area contributed by atoms with Gasteiger partial charge in [0.05, 0.1) is 12.0 Å². The van der Waals surface area contributed by atoms with Crippen LogP contribution in [0, 0.1) is 17.8 Å². The van der Waals surface area contributed by atoms with Crippen LogP contribution in [0.25, 0.3) is 6.08 Å². The summed E-state index contributed by atoms with van der Waals surface area (Å²) in [5.74, 6) is 2.71. The van der Waals surface area contributed by atoms with Gasteiger partial charge in [-0.2, -0.15) is 0 Å². The Labute approximate surface area is 234 Å². The minimum Gasteiger partial charge on any atom is -0.496 e. The fraction of sp³-hybridized carbons (Fsp3) is 0.469. The number of hydrogen-bond acceptors (Lipinski definition) is 5. The molecule has 5 aliphatic rings. The molecule has 7 rings (SSSR count). The van der Waals surface area contributed by atoms with Crippen LogP contribution in [0.4, 0.5) is 10.5 Å². The molecular formula is C32H36N2O4S. The molecule has 4 bridgehead atoms. The van der Waals surface area contributed by atoms with Crippen LogP contribution in [0.5, 0.6) is 5.75 Å². The normalized spacial score (nSPS) is 28.6. The second-order valence-corrected chi connectivity index (χ2v) is 13.2. The van der Waals surface area contributed by atoms with E-state index >= 15 is 0 Å². The Morgan fingerprint density at radius 3 is 2.28 bits per heavy atom. The van der Waals surface area contributed by atoms with Crippen molar-refractivity contribution in [2.75, 3.05) is 19.0 Å². The average molecular weight is 545 g/mol. The SMILES string of the molecule is COc1ccc(C23CC4CC(CC(C4)C2)C3)cc1/C=C1/SC(=O)N(CC(=O)Nc2ccc(C(C)C)cc2)C1=O. The number of nitrogens with one attached hydrogen (secondary N) is 1. The van der Waals surface area contributed by atoms with Gasteiger partial charge in [0, 0.05) is 11.3 Å². The predicted octanol–water partition coefficient (Wildman–Crippen LogP) is 6.96. The lowest BCUT2D eigenvalue weighted by molar-refractivity contribution is -0.127. The molecule has 6 nitrogen and oxygen atoms in total. The van der Waals surface area contributed by atoms with Gasteiger partial charge in [0.15, 0.2) is 0 Å². The first-order chi connectivity index (χ1) is 18.7. The van der Waals surface area contributed by atoms with Crippen LogP contribution in [-0.4, -0.2) is 35.6 Å². The third-order valence-corrected chi connectivity index (χ3v) is 10.1. The molecule has 0 unspecified atom stereocenters. The summed E-state index contributed by atoms with van der Waals surface area (Å²) >= 11 is 0.878. The summed E-state index contributed by atoms with van der Waals surface area (Å²) in [5, 5.41) is 2.36. The van der Waals surface area contributed by atoms with E-state index < -0.39 is 17.1 Å². The molecule has 204 valence electrons. The van der Waals surface area contributed by atoms with E-state index in [-0.39, 0.29) is 12.0 Å². The third kappa shape index (κ3) is 5.02. The van der Waals surface area contributed by atoms with Crippen molar-refractivity contribution in [3.05, 3.63) is 64.1 Å². The van der Waals surface area contributed by atoms with Gasteiger partial charge in [-0.1, -0.05) is 32.0 Å². The molecule has 2 aromatic carbocycles. The highest BCUT2D eigenvalue weighted by Crippen LogP contribution is 2.61. The minimum absolute atomic E-state index is 0.217. The monoisotopic (exact) mass is 544 g/mol. The van der Waals surface area contributed by atoms with Crippen LogP contribution in [0.3, 0.4) is 0 Å². The number of methoxy groups -OCH3 is 1. The van der Waals surface area contributed by atoms with Gasteiger partial charge in [0.25, 0.3) is 11.1 Å². The molecule has 1 saturated heterocycles. The molecule has 1 aliphatic heterocycles. The number of benzene rings is 2. The van der Waals surface area contributed by atoms with E-state index in [4.69, 9.17) is 4.74 Å². The number of hydrogen-bond donors (Lipinski definition) is 1. The van der Waals surface area contributed by atoms with E-state index in [1.807, 2.05) is 30.3 Å². The highest BCUT2D eigenvalue weighted by Gasteiger charge is 2.51. The lowest BCUT2D eigenvalue weighted by Crippen LogP contribution is -2.48. The number of thioether (sulfide) groups is 1. The molecule has 0 atom stereocenters. The van der Waals surface area contributed by atoms with Crippen LogP contribution in [0.1, 0.15) is 75.0 Å². The largest absolute Gasteiger partial charge is 0.496 e. The van der Waals surface area contributed by atoms with Gasteiger partial charge in [-0.3, -0.25) is 19.3 Å². The van der Waals surface area contributed by atoms with E-state index in [2.05, 4.69) is 31.3 Å². The van der Waals surface area contributed by atoms with Crippen LogP contribution in [0.2, 0.25) is 0 Å². The van der Waals surface area contributed by atoms with Crippen molar-refractivity contribution in [2.24, 2.45) is 17.8 Å². The third-order valence-electron chi connectivity index (χ3n) is 9.20. The average Bonchev–Trinajstić information content (AvgIpc) is 3.15. The first-order valence-electron chi connectivity index (χ1n) is 14.1. The summed E-state index contributed by atoms with van der Waals surface area (Å²) in [5.41, 5.74) is 4.17. The first kappa shape index (κ1) is 26.2. The van der Waals surface area contributed by atoms with Gasteiger partial charge < -0.3 is 10.1 Å². The number of carbonyl (C=O) groups excluding carboxylic acids is 3. The molecule has 1 N–H and O–H groups in total. The summed E-state index contributed by atoms with van der Waals surface area (Å²) in [4.78, 5) is 40.0. The second kappa shape index (κ2) is 10.2. The molecule has 5 fully saturated rings. The Balaban J connectivity index is 1.19. The smallest absolute Gasteiger partial charge is 0.294 e. The van der Waals surface area contributed by atoms with Crippen molar-refractivity contribution in [3.8, 4) is 5.75 Å². The van der Waals surface area contributed by atoms with Crippen LogP contribution >= 0.6 is 11.8 Å². The van der Waals surface area contributed by atoms with Crippen molar-refractivity contribution in [3.63, 3.8) is 0 Å². The van der Waals surface area contributed by atoms with Crippen molar-refractivity contribution in [1.82, 2.24) is 4.90 Å². The Kier molecular flexibility index (Phi) is 6.82. The molecule has 0 spiro atoms. The molecule has 2 aromatic rings. The highest BCUT2D eigenvalue weighted by atomic mass is 32.2. The Morgan fingerprint density at radius 2 is 1.69 bits per heavy atom. The van der Waals surface area contributed by atoms with Gasteiger partial charge in [-0.25, -0.2) is 0 Å². The maximum absolute atomic E-state index is 13.2. The van der Waals surface area contributed by atoms with Gasteiger partial charge in [-0.05, 0) is 121 Å². The van der Waals surface area contributed by atoms with E-state index in [9.17, 15) is 14.4 Å². The van der Waals surface area contributed by atoms with E-state index in [1.165, 1.54) is 49.7 Å². The van der Waals surface area contributed by atoms with E-state index in [1.54, 1.807) is 13.2 Å². The highest BCUT2D eigenvalue weighted by molar-refractivity contribution is 8.18. The number of carbonyl (C=O) groups is 3. The number of ether oxygens (including phenoxy) is 1. The van der Waals surface area contributed by atoms with Gasteiger partial charge in [-0.15, -0.1) is 0 Å². The number of anilines is 1. The Bertz CT molecular complexity index is 1310. The van der Waals surface area contributed by atoms with Crippen molar-refractivity contribution < 1.29 is 19.1 Å². The van der Waals surface area contributed by atoms with Crippen molar-refractivity contribution in [2.45, 2.75) is 63.7 Å². The second-order valence-electron chi connectivity index (χ2n) is 12.2. The van der Waals surface area contributed by atoms with Gasteiger partial charge in [0.2, 0.25) is 5.91 Å².